The molecule has 0 saturated heterocycles. The average molecular weight is 343 g/mol. The summed E-state index contributed by atoms with van der Waals surface area (Å²) in [5, 5.41) is 0. The maximum Gasteiger partial charge on any atom is 0.137 e. The van der Waals surface area contributed by atoms with Crippen molar-refractivity contribution >= 4 is 5.65 Å². The molecular formula is C22H21N3O. The first kappa shape index (κ1) is 16.3. The van der Waals surface area contributed by atoms with Gasteiger partial charge >= 0.3 is 0 Å². The molecule has 4 rings (SSSR count). The Balaban J connectivity index is 1.70. The first-order valence-electron chi connectivity index (χ1n) is 8.77. The van der Waals surface area contributed by atoms with Crippen LogP contribution in [0.25, 0.3) is 28.0 Å². The Morgan fingerprint density at radius 3 is 2.50 bits per heavy atom. The lowest BCUT2D eigenvalue weighted by molar-refractivity contribution is 0.242. The molecule has 4 heteroatoms. The molecule has 0 unspecified atom stereocenters. The van der Waals surface area contributed by atoms with E-state index in [1.165, 1.54) is 0 Å². The lowest BCUT2D eigenvalue weighted by Gasteiger charge is -2.10. The summed E-state index contributed by atoms with van der Waals surface area (Å²) in [5.74, 6) is 0.890. The maximum absolute atomic E-state index is 5.72. The highest BCUT2D eigenvalue weighted by atomic mass is 16.5. The van der Waals surface area contributed by atoms with Crippen LogP contribution in [0.2, 0.25) is 0 Å². The molecule has 3 heterocycles. The highest BCUT2D eigenvalue weighted by molar-refractivity contribution is 5.72. The van der Waals surface area contributed by atoms with E-state index in [1.54, 1.807) is 0 Å². The summed E-state index contributed by atoms with van der Waals surface area (Å²) < 4.78 is 7.83. The number of imidazole rings is 1. The van der Waals surface area contributed by atoms with Crippen LogP contribution in [-0.4, -0.2) is 20.5 Å². The fraction of sp³-hybridized carbons (Fsp3) is 0.182. The third-order valence-electron chi connectivity index (χ3n) is 4.37. The number of hydrogen-bond donors (Lipinski definition) is 0. The number of nitrogens with zero attached hydrogens (tertiary/aromatic N) is 3. The minimum absolute atomic E-state index is 0.178. The van der Waals surface area contributed by atoms with Gasteiger partial charge in [-0.1, -0.05) is 12.1 Å². The Morgan fingerprint density at radius 2 is 1.77 bits per heavy atom. The number of aryl methyl sites for hydroxylation is 1. The van der Waals surface area contributed by atoms with Gasteiger partial charge in [0.2, 0.25) is 0 Å². The summed E-state index contributed by atoms with van der Waals surface area (Å²) in [6.45, 7) is 6.13. The average Bonchev–Trinajstić information content (AvgIpc) is 3.05. The van der Waals surface area contributed by atoms with Crippen LogP contribution in [0.3, 0.4) is 0 Å². The lowest BCUT2D eigenvalue weighted by atomic mass is 10.1. The summed E-state index contributed by atoms with van der Waals surface area (Å²) in [6.07, 6.45) is 7.87. The first-order chi connectivity index (χ1) is 12.6. The number of ether oxygens (including phenoxy) is 1. The van der Waals surface area contributed by atoms with Crippen LogP contribution in [-0.2, 0) is 0 Å². The molecule has 0 amide bonds. The second-order valence-electron chi connectivity index (χ2n) is 6.67. The molecule has 1 aromatic carbocycles. The zero-order valence-electron chi connectivity index (χ0n) is 15.2. The second kappa shape index (κ2) is 6.64. The molecule has 4 nitrogen and oxygen atoms in total. The van der Waals surface area contributed by atoms with Gasteiger partial charge in [0, 0.05) is 24.2 Å². The highest BCUT2D eigenvalue weighted by Crippen LogP contribution is 2.27. The van der Waals surface area contributed by atoms with Crippen LogP contribution < -0.4 is 4.74 Å². The van der Waals surface area contributed by atoms with E-state index in [9.17, 15) is 0 Å². The molecule has 0 aliphatic rings. The van der Waals surface area contributed by atoms with Crippen molar-refractivity contribution in [3.8, 4) is 28.1 Å². The predicted molar refractivity (Wildman–Crippen MR) is 104 cm³/mol. The van der Waals surface area contributed by atoms with Crippen LogP contribution in [0.15, 0.2) is 67.3 Å². The Morgan fingerprint density at radius 1 is 0.962 bits per heavy atom. The topological polar surface area (TPSA) is 39.4 Å². The maximum atomic E-state index is 5.72. The quantitative estimate of drug-likeness (QED) is 0.514. The zero-order chi connectivity index (χ0) is 18.1. The molecule has 3 aromatic heterocycles. The molecule has 0 fully saturated rings. The van der Waals surface area contributed by atoms with Crippen LogP contribution in [0.4, 0.5) is 0 Å². The summed E-state index contributed by atoms with van der Waals surface area (Å²) in [7, 11) is 0. The summed E-state index contributed by atoms with van der Waals surface area (Å²) >= 11 is 0. The van der Waals surface area contributed by atoms with Gasteiger partial charge in [0.1, 0.15) is 11.4 Å². The molecule has 0 radical (unpaired) electrons. The van der Waals surface area contributed by atoms with Gasteiger partial charge in [-0.2, -0.15) is 0 Å². The van der Waals surface area contributed by atoms with Crippen molar-refractivity contribution in [3.05, 3.63) is 72.8 Å². The van der Waals surface area contributed by atoms with Gasteiger partial charge in [-0.25, -0.2) is 4.98 Å². The Bertz CT molecular complexity index is 1050. The third-order valence-corrected chi connectivity index (χ3v) is 4.37. The number of hydrogen-bond acceptors (Lipinski definition) is 3. The van der Waals surface area contributed by atoms with Crippen molar-refractivity contribution in [1.82, 2.24) is 14.4 Å². The fourth-order valence-electron chi connectivity index (χ4n) is 3.12. The minimum atomic E-state index is 0.178. The number of benzene rings is 1. The fourth-order valence-corrected chi connectivity index (χ4v) is 3.12. The van der Waals surface area contributed by atoms with Crippen LogP contribution in [0, 0.1) is 6.92 Å². The van der Waals surface area contributed by atoms with Crippen molar-refractivity contribution in [1.29, 1.82) is 0 Å². The molecule has 0 aliphatic heterocycles. The van der Waals surface area contributed by atoms with E-state index in [0.29, 0.717) is 0 Å². The summed E-state index contributed by atoms with van der Waals surface area (Å²) in [5.41, 5.74) is 6.57. The van der Waals surface area contributed by atoms with E-state index < -0.39 is 0 Å². The molecule has 26 heavy (non-hydrogen) atoms. The summed E-state index contributed by atoms with van der Waals surface area (Å²) in [6, 6.07) is 14.4. The van der Waals surface area contributed by atoms with E-state index in [0.717, 1.165) is 39.3 Å². The smallest absolute Gasteiger partial charge is 0.137 e. The van der Waals surface area contributed by atoms with Gasteiger partial charge in [0.25, 0.3) is 0 Å². The van der Waals surface area contributed by atoms with E-state index in [-0.39, 0.29) is 6.10 Å². The number of pyridine rings is 2. The lowest BCUT2D eigenvalue weighted by Crippen LogP contribution is -2.05. The SMILES string of the molecule is Cc1cnccc1-c1cnc2cc(-c3ccc(OC(C)C)cc3)ccn12. The van der Waals surface area contributed by atoms with E-state index in [4.69, 9.17) is 4.74 Å². The van der Waals surface area contributed by atoms with Gasteiger partial charge in [-0.15, -0.1) is 0 Å². The number of fused-ring (bicyclic) bond motifs is 1. The van der Waals surface area contributed by atoms with Crippen molar-refractivity contribution < 1.29 is 4.74 Å². The molecule has 0 spiro atoms. The molecular weight excluding hydrogens is 322 g/mol. The molecule has 0 atom stereocenters. The molecule has 0 bridgehead atoms. The molecule has 130 valence electrons. The van der Waals surface area contributed by atoms with E-state index in [1.807, 2.05) is 50.6 Å². The molecule has 0 aliphatic carbocycles. The van der Waals surface area contributed by atoms with Crippen molar-refractivity contribution in [2.75, 3.05) is 0 Å². The highest BCUT2D eigenvalue weighted by Gasteiger charge is 2.09. The Hall–Kier alpha value is -3.14. The van der Waals surface area contributed by atoms with Gasteiger partial charge < -0.3 is 4.74 Å². The largest absolute Gasteiger partial charge is 0.491 e. The molecule has 4 aromatic rings. The molecule has 0 N–H and O–H groups in total. The van der Waals surface area contributed by atoms with Crippen molar-refractivity contribution in [2.24, 2.45) is 0 Å². The van der Waals surface area contributed by atoms with Crippen molar-refractivity contribution in [2.45, 2.75) is 26.9 Å². The predicted octanol–water partition coefficient (Wildman–Crippen LogP) is 5.16. The van der Waals surface area contributed by atoms with Gasteiger partial charge in [0.15, 0.2) is 0 Å². The van der Waals surface area contributed by atoms with Crippen molar-refractivity contribution in [3.63, 3.8) is 0 Å². The normalized spacial score (nSPS) is 11.2. The third kappa shape index (κ3) is 3.06. The standard InChI is InChI=1S/C22H21N3O/c1-15(2)26-19-6-4-17(5-7-19)18-9-11-25-21(14-24-22(25)12-18)20-8-10-23-13-16(20)3/h4-15H,1-3H3. The monoisotopic (exact) mass is 343 g/mol. The molecule has 0 saturated carbocycles. The van der Waals surface area contributed by atoms with Gasteiger partial charge in [0.05, 0.1) is 18.0 Å². The second-order valence-corrected chi connectivity index (χ2v) is 6.67. The van der Waals surface area contributed by atoms with Crippen LogP contribution in [0.1, 0.15) is 19.4 Å². The Kier molecular flexibility index (Phi) is 4.17. The first-order valence-corrected chi connectivity index (χ1v) is 8.77. The minimum Gasteiger partial charge on any atom is -0.491 e. The van der Waals surface area contributed by atoms with Gasteiger partial charge in [-0.3, -0.25) is 9.38 Å². The van der Waals surface area contributed by atoms with E-state index >= 15 is 0 Å². The van der Waals surface area contributed by atoms with Crippen LogP contribution in [0.5, 0.6) is 5.75 Å². The van der Waals surface area contributed by atoms with Gasteiger partial charge in [-0.05, 0) is 67.8 Å². The van der Waals surface area contributed by atoms with Crippen LogP contribution >= 0.6 is 0 Å². The number of rotatable bonds is 4. The Labute approximate surface area is 153 Å². The van der Waals surface area contributed by atoms with E-state index in [2.05, 4.69) is 51.8 Å². The zero-order valence-corrected chi connectivity index (χ0v) is 15.2. The number of aromatic nitrogens is 3. The summed E-state index contributed by atoms with van der Waals surface area (Å²) in [4.78, 5) is 8.77.